The lowest BCUT2D eigenvalue weighted by atomic mass is 9.80. The molecular formula is C19H22F2. The Labute approximate surface area is 125 Å². The van der Waals surface area contributed by atoms with E-state index in [-0.39, 0.29) is 0 Å². The smallest absolute Gasteiger partial charge is 0.166 e. The van der Waals surface area contributed by atoms with Crippen LogP contribution in [0.2, 0.25) is 0 Å². The highest BCUT2D eigenvalue weighted by Crippen LogP contribution is 2.33. The SMILES string of the molecule is CCCCC1CCc2cc3cc(C)c(F)c(F)c3cc2C1. The van der Waals surface area contributed by atoms with Crippen LogP contribution in [0.15, 0.2) is 18.2 Å². The van der Waals surface area contributed by atoms with E-state index in [4.69, 9.17) is 0 Å². The van der Waals surface area contributed by atoms with E-state index in [1.54, 1.807) is 13.0 Å². The van der Waals surface area contributed by atoms with Crippen molar-refractivity contribution in [3.63, 3.8) is 0 Å². The van der Waals surface area contributed by atoms with Crippen molar-refractivity contribution in [1.82, 2.24) is 0 Å². The summed E-state index contributed by atoms with van der Waals surface area (Å²) in [6, 6.07) is 5.72. The van der Waals surface area contributed by atoms with Gasteiger partial charge in [0.25, 0.3) is 0 Å². The van der Waals surface area contributed by atoms with Gasteiger partial charge in [0.05, 0.1) is 0 Å². The Balaban J connectivity index is 2.00. The number of halogens is 2. The van der Waals surface area contributed by atoms with Crippen LogP contribution in [0.4, 0.5) is 8.78 Å². The molecule has 0 amide bonds. The van der Waals surface area contributed by atoms with Gasteiger partial charge in [0, 0.05) is 5.39 Å². The van der Waals surface area contributed by atoms with Crippen LogP contribution in [0.25, 0.3) is 10.8 Å². The number of unbranched alkanes of at least 4 members (excludes halogenated alkanes) is 1. The van der Waals surface area contributed by atoms with Gasteiger partial charge in [0.2, 0.25) is 0 Å². The Bertz CT molecular complexity index is 673. The molecule has 2 aromatic rings. The van der Waals surface area contributed by atoms with Crippen molar-refractivity contribution in [2.24, 2.45) is 5.92 Å². The zero-order valence-electron chi connectivity index (χ0n) is 12.8. The van der Waals surface area contributed by atoms with Crippen LogP contribution in [-0.2, 0) is 12.8 Å². The Morgan fingerprint density at radius 3 is 2.67 bits per heavy atom. The van der Waals surface area contributed by atoms with Gasteiger partial charge in [-0.3, -0.25) is 0 Å². The minimum Gasteiger partial charge on any atom is -0.203 e. The fourth-order valence-electron chi connectivity index (χ4n) is 3.54. The van der Waals surface area contributed by atoms with Crippen molar-refractivity contribution in [3.8, 4) is 0 Å². The van der Waals surface area contributed by atoms with Gasteiger partial charge in [0.15, 0.2) is 11.6 Å². The van der Waals surface area contributed by atoms with E-state index < -0.39 is 11.6 Å². The first-order valence-electron chi connectivity index (χ1n) is 8.00. The second-order valence-corrected chi connectivity index (χ2v) is 6.41. The lowest BCUT2D eigenvalue weighted by Crippen LogP contribution is -2.14. The van der Waals surface area contributed by atoms with Gasteiger partial charge in [-0.05, 0) is 66.3 Å². The quantitative estimate of drug-likeness (QED) is 0.677. The summed E-state index contributed by atoms with van der Waals surface area (Å²) in [6.07, 6.45) is 7.04. The molecule has 1 aliphatic rings. The van der Waals surface area contributed by atoms with Crippen LogP contribution < -0.4 is 0 Å². The molecular weight excluding hydrogens is 266 g/mol. The van der Waals surface area contributed by atoms with Crippen molar-refractivity contribution >= 4 is 10.8 Å². The molecule has 2 aromatic carbocycles. The molecule has 0 aromatic heterocycles. The molecule has 0 saturated carbocycles. The third-order valence-electron chi connectivity index (χ3n) is 4.82. The number of benzene rings is 2. The normalized spacial score (nSPS) is 18.0. The first-order chi connectivity index (χ1) is 10.1. The molecule has 0 N–H and O–H groups in total. The standard InChI is InChI=1S/C19H22F2/c1-3-4-5-13-6-7-14-10-16-8-12(2)18(20)19(21)17(16)11-15(14)9-13/h8,10-11,13H,3-7,9H2,1-2H3. The van der Waals surface area contributed by atoms with Crippen molar-refractivity contribution in [2.45, 2.75) is 52.4 Å². The molecule has 112 valence electrons. The number of hydrogen-bond acceptors (Lipinski definition) is 0. The average Bonchev–Trinajstić information content (AvgIpc) is 2.49. The summed E-state index contributed by atoms with van der Waals surface area (Å²) in [6.45, 7) is 3.84. The second-order valence-electron chi connectivity index (χ2n) is 6.41. The van der Waals surface area contributed by atoms with Gasteiger partial charge in [-0.2, -0.15) is 0 Å². The summed E-state index contributed by atoms with van der Waals surface area (Å²) in [4.78, 5) is 0. The first-order valence-corrected chi connectivity index (χ1v) is 8.00. The molecule has 1 aliphatic carbocycles. The number of rotatable bonds is 3. The molecule has 2 heteroatoms. The molecule has 0 radical (unpaired) electrons. The fraction of sp³-hybridized carbons (Fsp3) is 0.474. The molecule has 0 saturated heterocycles. The van der Waals surface area contributed by atoms with Crippen LogP contribution in [-0.4, -0.2) is 0 Å². The zero-order chi connectivity index (χ0) is 15.0. The first kappa shape index (κ1) is 14.5. The van der Waals surface area contributed by atoms with Gasteiger partial charge >= 0.3 is 0 Å². The van der Waals surface area contributed by atoms with Crippen LogP contribution >= 0.6 is 0 Å². The summed E-state index contributed by atoms with van der Waals surface area (Å²) in [5.74, 6) is -0.697. The highest BCUT2D eigenvalue weighted by molar-refractivity contribution is 5.85. The van der Waals surface area contributed by atoms with Gasteiger partial charge in [-0.15, -0.1) is 0 Å². The molecule has 0 fully saturated rings. The highest BCUT2D eigenvalue weighted by atomic mass is 19.2. The summed E-state index contributed by atoms with van der Waals surface area (Å²) in [5, 5.41) is 1.27. The maximum Gasteiger partial charge on any atom is 0.166 e. The van der Waals surface area contributed by atoms with Crippen LogP contribution in [0.3, 0.4) is 0 Å². The third-order valence-corrected chi connectivity index (χ3v) is 4.82. The Morgan fingerprint density at radius 1 is 1.10 bits per heavy atom. The topological polar surface area (TPSA) is 0 Å². The molecule has 0 bridgehead atoms. The molecule has 0 spiro atoms. The third kappa shape index (κ3) is 2.68. The highest BCUT2D eigenvalue weighted by Gasteiger charge is 2.20. The largest absolute Gasteiger partial charge is 0.203 e. The zero-order valence-corrected chi connectivity index (χ0v) is 12.8. The molecule has 1 unspecified atom stereocenters. The Hall–Kier alpha value is -1.44. The minimum atomic E-state index is -0.708. The Kier molecular flexibility index (Phi) is 3.97. The summed E-state index contributed by atoms with van der Waals surface area (Å²) >= 11 is 0. The fourth-order valence-corrected chi connectivity index (χ4v) is 3.54. The predicted molar refractivity (Wildman–Crippen MR) is 83.6 cm³/mol. The number of aryl methyl sites for hydroxylation is 2. The van der Waals surface area contributed by atoms with Crippen molar-refractivity contribution in [1.29, 1.82) is 0 Å². The van der Waals surface area contributed by atoms with Crippen molar-refractivity contribution in [3.05, 3.63) is 46.5 Å². The molecule has 1 atom stereocenters. The van der Waals surface area contributed by atoms with E-state index in [0.717, 1.165) is 18.2 Å². The second kappa shape index (κ2) is 5.75. The molecule has 0 aliphatic heterocycles. The van der Waals surface area contributed by atoms with E-state index in [1.165, 1.54) is 36.8 Å². The molecule has 21 heavy (non-hydrogen) atoms. The molecule has 0 nitrogen and oxygen atoms in total. The van der Waals surface area contributed by atoms with Crippen molar-refractivity contribution < 1.29 is 8.78 Å². The molecule has 0 heterocycles. The maximum atomic E-state index is 14.2. The predicted octanol–water partition coefficient (Wildman–Crippen LogP) is 5.72. The average molecular weight is 288 g/mol. The Morgan fingerprint density at radius 2 is 1.90 bits per heavy atom. The van der Waals surface area contributed by atoms with Gasteiger partial charge < -0.3 is 0 Å². The van der Waals surface area contributed by atoms with Crippen LogP contribution in [0.1, 0.15) is 49.3 Å². The number of fused-ring (bicyclic) bond motifs is 2. The van der Waals surface area contributed by atoms with E-state index in [1.807, 2.05) is 6.07 Å². The van der Waals surface area contributed by atoms with Crippen LogP contribution in [0.5, 0.6) is 0 Å². The minimum absolute atomic E-state index is 0.386. The van der Waals surface area contributed by atoms with Crippen LogP contribution in [0, 0.1) is 24.5 Å². The molecule has 3 rings (SSSR count). The summed E-state index contributed by atoms with van der Waals surface area (Å²) in [7, 11) is 0. The maximum absolute atomic E-state index is 14.2. The lowest BCUT2D eigenvalue weighted by molar-refractivity contribution is 0.413. The summed E-state index contributed by atoms with van der Waals surface area (Å²) in [5.41, 5.74) is 2.93. The summed E-state index contributed by atoms with van der Waals surface area (Å²) < 4.78 is 27.9. The monoisotopic (exact) mass is 288 g/mol. The lowest BCUT2D eigenvalue weighted by Gasteiger charge is -2.25. The number of hydrogen-bond donors (Lipinski definition) is 0. The van der Waals surface area contributed by atoms with E-state index in [0.29, 0.717) is 16.9 Å². The van der Waals surface area contributed by atoms with Gasteiger partial charge in [-0.1, -0.05) is 32.3 Å². The van der Waals surface area contributed by atoms with Gasteiger partial charge in [0.1, 0.15) is 0 Å². The van der Waals surface area contributed by atoms with Gasteiger partial charge in [-0.25, -0.2) is 8.78 Å². The van der Waals surface area contributed by atoms with E-state index in [9.17, 15) is 8.78 Å². The van der Waals surface area contributed by atoms with E-state index in [2.05, 4.69) is 13.0 Å². The van der Waals surface area contributed by atoms with E-state index >= 15 is 0 Å². The van der Waals surface area contributed by atoms with Crippen molar-refractivity contribution in [2.75, 3.05) is 0 Å².